The number of ether oxygens (including phenoxy) is 2. The topological polar surface area (TPSA) is 48.3 Å². The van der Waals surface area contributed by atoms with Crippen LogP contribution in [0.2, 0.25) is 0 Å². The lowest BCUT2D eigenvalue weighted by atomic mass is 10.0. The van der Waals surface area contributed by atoms with E-state index in [-0.39, 0.29) is 6.04 Å². The number of aromatic nitrogens is 2. The number of hydrogen-bond acceptors (Lipinski definition) is 4. The zero-order valence-corrected chi connectivity index (χ0v) is 13.1. The van der Waals surface area contributed by atoms with E-state index in [9.17, 15) is 0 Å². The molecule has 20 heavy (non-hydrogen) atoms. The summed E-state index contributed by atoms with van der Waals surface area (Å²) in [6, 6.07) is 0.544. The number of nitrogens with one attached hydrogen (secondary N) is 1. The Labute approximate surface area is 121 Å². The minimum absolute atomic E-state index is 0.225. The van der Waals surface area contributed by atoms with Gasteiger partial charge in [0.25, 0.3) is 0 Å². The van der Waals surface area contributed by atoms with E-state index in [1.165, 1.54) is 6.42 Å². The van der Waals surface area contributed by atoms with E-state index >= 15 is 0 Å². The Balaban J connectivity index is 2.24. The van der Waals surface area contributed by atoms with Crippen molar-refractivity contribution in [1.82, 2.24) is 15.1 Å². The van der Waals surface area contributed by atoms with Crippen molar-refractivity contribution in [3.05, 3.63) is 11.9 Å². The SMILES string of the molecule is CCNC(CC1CCCO1)c1c(OC)cnn1C(C)C. The molecule has 0 aliphatic carbocycles. The molecule has 1 aliphatic heterocycles. The predicted octanol–water partition coefficient (Wildman–Crippen LogP) is 2.69. The number of methoxy groups -OCH3 is 1. The lowest BCUT2D eigenvalue weighted by molar-refractivity contribution is 0.0933. The summed E-state index contributed by atoms with van der Waals surface area (Å²) >= 11 is 0. The highest BCUT2D eigenvalue weighted by molar-refractivity contribution is 5.29. The van der Waals surface area contributed by atoms with E-state index in [1.54, 1.807) is 7.11 Å². The minimum atomic E-state index is 0.225. The van der Waals surface area contributed by atoms with Crippen LogP contribution < -0.4 is 10.1 Å². The second-order valence-electron chi connectivity index (χ2n) is 5.62. The maximum Gasteiger partial charge on any atom is 0.161 e. The van der Waals surface area contributed by atoms with Gasteiger partial charge in [-0.1, -0.05) is 6.92 Å². The minimum Gasteiger partial charge on any atom is -0.493 e. The number of nitrogens with zero attached hydrogens (tertiary/aromatic N) is 2. The Bertz CT molecular complexity index is 411. The largest absolute Gasteiger partial charge is 0.493 e. The number of hydrogen-bond donors (Lipinski definition) is 1. The smallest absolute Gasteiger partial charge is 0.161 e. The summed E-state index contributed by atoms with van der Waals surface area (Å²) in [6.07, 6.45) is 5.46. The van der Waals surface area contributed by atoms with Gasteiger partial charge >= 0.3 is 0 Å². The van der Waals surface area contributed by atoms with Crippen molar-refractivity contribution in [3.8, 4) is 5.75 Å². The maximum absolute atomic E-state index is 5.79. The van der Waals surface area contributed by atoms with Gasteiger partial charge in [-0.3, -0.25) is 4.68 Å². The fourth-order valence-electron chi connectivity index (χ4n) is 2.89. The Morgan fingerprint density at radius 2 is 2.35 bits per heavy atom. The first kappa shape index (κ1) is 15.3. The summed E-state index contributed by atoms with van der Waals surface area (Å²) < 4.78 is 13.4. The van der Waals surface area contributed by atoms with Crippen molar-refractivity contribution in [2.45, 2.75) is 58.2 Å². The molecule has 114 valence electrons. The van der Waals surface area contributed by atoms with E-state index in [0.29, 0.717) is 12.1 Å². The Kier molecular flexibility index (Phi) is 5.43. The molecule has 1 aromatic rings. The standard InChI is InChI=1S/C15H27N3O2/c1-5-16-13(9-12-7-6-8-20-12)15-14(19-4)10-17-18(15)11(2)3/h10-13,16H,5-9H2,1-4H3. The van der Waals surface area contributed by atoms with Gasteiger partial charge in [-0.05, 0) is 39.7 Å². The van der Waals surface area contributed by atoms with Gasteiger partial charge in [0.15, 0.2) is 5.75 Å². The molecule has 1 N–H and O–H groups in total. The van der Waals surface area contributed by atoms with Gasteiger partial charge in [-0.25, -0.2) is 0 Å². The summed E-state index contributed by atoms with van der Waals surface area (Å²) in [4.78, 5) is 0. The van der Waals surface area contributed by atoms with Gasteiger partial charge in [0.05, 0.1) is 31.1 Å². The molecule has 5 nitrogen and oxygen atoms in total. The number of rotatable bonds is 7. The molecule has 0 amide bonds. The van der Waals surface area contributed by atoms with E-state index in [1.807, 2.05) is 6.20 Å². The molecule has 2 atom stereocenters. The second kappa shape index (κ2) is 7.09. The average molecular weight is 281 g/mol. The molecule has 0 saturated carbocycles. The second-order valence-corrected chi connectivity index (χ2v) is 5.62. The van der Waals surface area contributed by atoms with E-state index in [4.69, 9.17) is 9.47 Å². The molecule has 1 aliphatic rings. The molecule has 1 aromatic heterocycles. The molecular weight excluding hydrogens is 254 g/mol. The summed E-state index contributed by atoms with van der Waals surface area (Å²) in [6.45, 7) is 8.23. The molecule has 0 radical (unpaired) electrons. The quantitative estimate of drug-likeness (QED) is 0.835. The van der Waals surface area contributed by atoms with Crippen molar-refractivity contribution in [2.24, 2.45) is 0 Å². The van der Waals surface area contributed by atoms with Crippen molar-refractivity contribution in [1.29, 1.82) is 0 Å². The van der Waals surface area contributed by atoms with Crippen LogP contribution in [0.1, 0.15) is 57.8 Å². The molecule has 2 heterocycles. The maximum atomic E-state index is 5.79. The van der Waals surface area contributed by atoms with Gasteiger partial charge in [0.2, 0.25) is 0 Å². The van der Waals surface area contributed by atoms with Crippen molar-refractivity contribution in [3.63, 3.8) is 0 Å². The third-order valence-electron chi connectivity index (χ3n) is 3.81. The fraction of sp³-hybridized carbons (Fsp3) is 0.800. The van der Waals surface area contributed by atoms with E-state index < -0.39 is 0 Å². The highest BCUT2D eigenvalue weighted by Gasteiger charge is 2.27. The lowest BCUT2D eigenvalue weighted by Gasteiger charge is -2.24. The molecule has 0 bridgehead atoms. The highest BCUT2D eigenvalue weighted by atomic mass is 16.5. The summed E-state index contributed by atoms with van der Waals surface area (Å²) in [7, 11) is 1.71. The normalized spacial score (nSPS) is 20.6. The summed E-state index contributed by atoms with van der Waals surface area (Å²) in [5.74, 6) is 0.864. The predicted molar refractivity (Wildman–Crippen MR) is 79.2 cm³/mol. The molecule has 2 rings (SSSR count). The highest BCUT2D eigenvalue weighted by Crippen LogP contribution is 2.32. The van der Waals surface area contributed by atoms with Crippen LogP contribution >= 0.6 is 0 Å². The van der Waals surface area contributed by atoms with Crippen LogP contribution in [-0.4, -0.2) is 36.1 Å². The monoisotopic (exact) mass is 281 g/mol. The molecular formula is C15H27N3O2. The van der Waals surface area contributed by atoms with Crippen LogP contribution in [0.5, 0.6) is 5.75 Å². The third kappa shape index (κ3) is 3.33. The van der Waals surface area contributed by atoms with Crippen LogP contribution in [0.3, 0.4) is 0 Å². The molecule has 1 saturated heterocycles. The third-order valence-corrected chi connectivity index (χ3v) is 3.81. The molecule has 0 aromatic carbocycles. The summed E-state index contributed by atoms with van der Waals surface area (Å²) in [5, 5.41) is 8.04. The molecule has 0 spiro atoms. The Hall–Kier alpha value is -1.07. The van der Waals surface area contributed by atoms with Crippen LogP contribution in [-0.2, 0) is 4.74 Å². The Morgan fingerprint density at radius 3 is 2.90 bits per heavy atom. The van der Waals surface area contributed by atoms with Gasteiger partial charge in [-0.15, -0.1) is 0 Å². The zero-order chi connectivity index (χ0) is 14.5. The lowest BCUT2D eigenvalue weighted by Crippen LogP contribution is -2.28. The van der Waals surface area contributed by atoms with Gasteiger partial charge < -0.3 is 14.8 Å². The van der Waals surface area contributed by atoms with Gasteiger partial charge in [0, 0.05) is 12.6 Å². The molecule has 1 fully saturated rings. The summed E-state index contributed by atoms with van der Waals surface area (Å²) in [5.41, 5.74) is 1.14. The first-order valence-corrected chi connectivity index (χ1v) is 7.63. The zero-order valence-electron chi connectivity index (χ0n) is 13.1. The van der Waals surface area contributed by atoms with Crippen LogP contribution in [0, 0.1) is 0 Å². The van der Waals surface area contributed by atoms with Crippen LogP contribution in [0.4, 0.5) is 0 Å². The first-order chi connectivity index (χ1) is 9.67. The van der Waals surface area contributed by atoms with Crippen molar-refractivity contribution >= 4 is 0 Å². The van der Waals surface area contributed by atoms with Crippen LogP contribution in [0.25, 0.3) is 0 Å². The first-order valence-electron chi connectivity index (χ1n) is 7.63. The van der Waals surface area contributed by atoms with E-state index in [0.717, 1.165) is 37.4 Å². The van der Waals surface area contributed by atoms with Crippen LogP contribution in [0.15, 0.2) is 6.20 Å². The van der Waals surface area contributed by atoms with Gasteiger partial charge in [-0.2, -0.15) is 5.10 Å². The van der Waals surface area contributed by atoms with E-state index in [2.05, 4.69) is 35.9 Å². The fourth-order valence-corrected chi connectivity index (χ4v) is 2.89. The Morgan fingerprint density at radius 1 is 1.55 bits per heavy atom. The molecule has 2 unspecified atom stereocenters. The van der Waals surface area contributed by atoms with Gasteiger partial charge in [0.1, 0.15) is 0 Å². The van der Waals surface area contributed by atoms with Crippen molar-refractivity contribution in [2.75, 3.05) is 20.3 Å². The average Bonchev–Trinajstić information content (AvgIpc) is 3.06. The van der Waals surface area contributed by atoms with Crippen molar-refractivity contribution < 1.29 is 9.47 Å². The molecule has 5 heteroatoms.